The van der Waals surface area contributed by atoms with Crippen molar-refractivity contribution in [3.05, 3.63) is 0 Å². The number of fused-ring (bicyclic) bond motifs is 5. The molecule has 4 saturated carbocycles. The second kappa shape index (κ2) is 5.93. The van der Waals surface area contributed by atoms with Crippen molar-refractivity contribution < 1.29 is 9.59 Å². The van der Waals surface area contributed by atoms with Gasteiger partial charge in [0.15, 0.2) is 0 Å². The minimum Gasteiger partial charge on any atom is -0.300 e. The number of ketones is 2. The quantitative estimate of drug-likeness (QED) is 0.604. The summed E-state index contributed by atoms with van der Waals surface area (Å²) in [5.41, 5.74) is 0.620. The maximum Gasteiger partial charge on any atom is 0.147 e. The van der Waals surface area contributed by atoms with E-state index in [4.69, 9.17) is 0 Å². The molecule has 3 heteroatoms. The van der Waals surface area contributed by atoms with Crippen molar-refractivity contribution in [1.29, 1.82) is 0 Å². The normalized spacial score (nSPS) is 50.8. The van der Waals surface area contributed by atoms with Crippen molar-refractivity contribution in [3.63, 3.8) is 0 Å². The van der Waals surface area contributed by atoms with Crippen LogP contribution in [0.15, 0.2) is 0 Å². The SMILES string of the molecule is C[C@]12CC[C@H]3[C@@H](CCC4CC(=O)CC[C@@]43C)[C@@H]1CC[C@@H]2C(=O)CBr. The monoisotopic (exact) mass is 394 g/mol. The van der Waals surface area contributed by atoms with Crippen LogP contribution in [0.3, 0.4) is 0 Å². The highest BCUT2D eigenvalue weighted by Crippen LogP contribution is 2.67. The number of halogens is 1. The summed E-state index contributed by atoms with van der Waals surface area (Å²) in [6.07, 6.45) is 10.2. The Morgan fingerprint density at radius 1 is 1.04 bits per heavy atom. The van der Waals surface area contributed by atoms with Gasteiger partial charge in [-0.2, -0.15) is 0 Å². The summed E-state index contributed by atoms with van der Waals surface area (Å²) in [6, 6.07) is 0. The first kappa shape index (κ1) is 17.2. The lowest BCUT2D eigenvalue weighted by Gasteiger charge is -2.60. The van der Waals surface area contributed by atoms with Gasteiger partial charge < -0.3 is 0 Å². The van der Waals surface area contributed by atoms with E-state index in [0.717, 1.165) is 43.4 Å². The van der Waals surface area contributed by atoms with Gasteiger partial charge in [-0.15, -0.1) is 0 Å². The first-order chi connectivity index (χ1) is 11.4. The predicted octanol–water partition coefficient (Wildman–Crippen LogP) is 5.18. The molecule has 4 fully saturated rings. The van der Waals surface area contributed by atoms with Gasteiger partial charge in [0, 0.05) is 18.8 Å². The molecule has 0 heterocycles. The second-order valence-corrected chi connectivity index (χ2v) is 10.2. The third-order valence-electron chi connectivity index (χ3n) is 9.00. The number of Topliss-reactive ketones (excluding diaryl/α,β-unsaturated/α-hetero) is 2. The minimum absolute atomic E-state index is 0.236. The molecule has 0 saturated heterocycles. The Kier molecular flexibility index (Phi) is 4.26. The molecule has 0 amide bonds. The Hall–Kier alpha value is -0.180. The van der Waals surface area contributed by atoms with Crippen LogP contribution in [0.2, 0.25) is 0 Å². The Balaban J connectivity index is 1.61. The van der Waals surface area contributed by atoms with Crippen LogP contribution in [-0.4, -0.2) is 16.9 Å². The Morgan fingerprint density at radius 3 is 2.54 bits per heavy atom. The van der Waals surface area contributed by atoms with Crippen LogP contribution in [0.4, 0.5) is 0 Å². The highest BCUT2D eigenvalue weighted by atomic mass is 79.9. The van der Waals surface area contributed by atoms with Crippen molar-refractivity contribution in [1.82, 2.24) is 0 Å². The van der Waals surface area contributed by atoms with E-state index in [2.05, 4.69) is 29.8 Å². The minimum atomic E-state index is 0.236. The van der Waals surface area contributed by atoms with Crippen LogP contribution >= 0.6 is 15.9 Å². The van der Waals surface area contributed by atoms with Gasteiger partial charge in [-0.25, -0.2) is 0 Å². The van der Waals surface area contributed by atoms with E-state index in [9.17, 15) is 9.59 Å². The van der Waals surface area contributed by atoms with Gasteiger partial charge >= 0.3 is 0 Å². The number of rotatable bonds is 2. The number of hydrogen-bond donors (Lipinski definition) is 0. The lowest BCUT2D eigenvalue weighted by Crippen LogP contribution is -2.54. The summed E-state index contributed by atoms with van der Waals surface area (Å²) in [4.78, 5) is 24.4. The van der Waals surface area contributed by atoms with Crippen LogP contribution in [-0.2, 0) is 9.59 Å². The van der Waals surface area contributed by atoms with E-state index < -0.39 is 0 Å². The molecule has 0 N–H and O–H groups in total. The predicted molar refractivity (Wildman–Crippen MR) is 99.0 cm³/mol. The van der Waals surface area contributed by atoms with Crippen LogP contribution < -0.4 is 0 Å². The van der Waals surface area contributed by atoms with Crippen LogP contribution in [0.5, 0.6) is 0 Å². The molecule has 24 heavy (non-hydrogen) atoms. The van der Waals surface area contributed by atoms with E-state index >= 15 is 0 Å². The first-order valence-electron chi connectivity index (χ1n) is 10.0. The fourth-order valence-corrected chi connectivity index (χ4v) is 8.06. The summed E-state index contributed by atoms with van der Waals surface area (Å²) in [6.45, 7) is 4.92. The molecule has 4 aliphatic rings. The molecule has 0 aromatic rings. The Labute approximate surface area is 154 Å². The van der Waals surface area contributed by atoms with Gasteiger partial charge in [0.05, 0.1) is 5.33 Å². The molecule has 134 valence electrons. The summed E-state index contributed by atoms with van der Waals surface area (Å²) in [7, 11) is 0. The molecule has 0 bridgehead atoms. The van der Waals surface area contributed by atoms with Crippen LogP contribution in [0, 0.1) is 40.4 Å². The number of alkyl halides is 1. The third kappa shape index (κ3) is 2.32. The van der Waals surface area contributed by atoms with E-state index in [-0.39, 0.29) is 11.3 Å². The fraction of sp³-hybridized carbons (Fsp3) is 0.905. The number of carbonyl (C=O) groups is 2. The zero-order valence-corrected chi connectivity index (χ0v) is 16.7. The summed E-state index contributed by atoms with van der Waals surface area (Å²) < 4.78 is 0. The van der Waals surface area contributed by atoms with Crippen molar-refractivity contribution in [2.45, 2.75) is 71.6 Å². The van der Waals surface area contributed by atoms with Gasteiger partial charge in [-0.05, 0) is 79.4 Å². The third-order valence-corrected chi connectivity index (χ3v) is 9.55. The molecule has 0 aliphatic heterocycles. The number of carbonyl (C=O) groups excluding carboxylic acids is 2. The van der Waals surface area contributed by atoms with Gasteiger partial charge in [0.25, 0.3) is 0 Å². The number of hydrogen-bond acceptors (Lipinski definition) is 2. The van der Waals surface area contributed by atoms with E-state index in [0.29, 0.717) is 28.2 Å². The van der Waals surface area contributed by atoms with Gasteiger partial charge in [-0.1, -0.05) is 29.8 Å². The molecule has 0 aromatic heterocycles. The highest BCUT2D eigenvalue weighted by molar-refractivity contribution is 9.09. The molecule has 7 atom stereocenters. The zero-order chi connectivity index (χ0) is 17.1. The van der Waals surface area contributed by atoms with Crippen LogP contribution in [0.1, 0.15) is 71.6 Å². The fourth-order valence-electron chi connectivity index (χ4n) is 7.67. The summed E-state index contributed by atoms with van der Waals surface area (Å²) in [5.74, 6) is 4.17. The lowest BCUT2D eigenvalue weighted by molar-refractivity contribution is -0.143. The smallest absolute Gasteiger partial charge is 0.147 e. The molecule has 2 nitrogen and oxygen atoms in total. The van der Waals surface area contributed by atoms with E-state index in [1.54, 1.807) is 0 Å². The molecule has 4 aliphatic carbocycles. The topological polar surface area (TPSA) is 34.1 Å². The van der Waals surface area contributed by atoms with E-state index in [1.807, 2.05) is 0 Å². The molecule has 1 unspecified atom stereocenters. The van der Waals surface area contributed by atoms with Crippen LogP contribution in [0.25, 0.3) is 0 Å². The van der Waals surface area contributed by atoms with E-state index in [1.165, 1.54) is 32.1 Å². The van der Waals surface area contributed by atoms with Crippen molar-refractivity contribution in [3.8, 4) is 0 Å². The second-order valence-electron chi connectivity index (χ2n) is 9.67. The molecule has 0 aromatic carbocycles. The van der Waals surface area contributed by atoms with Crippen molar-refractivity contribution in [2.24, 2.45) is 40.4 Å². The van der Waals surface area contributed by atoms with Crippen molar-refractivity contribution >= 4 is 27.5 Å². The maximum atomic E-state index is 12.5. The zero-order valence-electron chi connectivity index (χ0n) is 15.2. The molecular weight excluding hydrogens is 364 g/mol. The van der Waals surface area contributed by atoms with Gasteiger partial charge in [0.2, 0.25) is 0 Å². The summed E-state index contributed by atoms with van der Waals surface area (Å²) >= 11 is 3.41. The molecular formula is C21H31BrO2. The molecule has 0 radical (unpaired) electrons. The Bertz CT molecular complexity index is 558. The van der Waals surface area contributed by atoms with Crippen molar-refractivity contribution in [2.75, 3.05) is 5.33 Å². The largest absolute Gasteiger partial charge is 0.300 e. The average Bonchev–Trinajstić information content (AvgIpc) is 2.92. The maximum absolute atomic E-state index is 12.5. The Morgan fingerprint density at radius 2 is 1.79 bits per heavy atom. The molecule has 0 spiro atoms. The highest BCUT2D eigenvalue weighted by Gasteiger charge is 2.60. The first-order valence-corrected chi connectivity index (χ1v) is 11.1. The molecule has 4 rings (SSSR count). The summed E-state index contributed by atoms with van der Waals surface area (Å²) in [5, 5.41) is 0.524. The van der Waals surface area contributed by atoms with Gasteiger partial charge in [-0.3, -0.25) is 9.59 Å². The average molecular weight is 395 g/mol. The van der Waals surface area contributed by atoms with Gasteiger partial charge in [0.1, 0.15) is 11.6 Å². The standard InChI is InChI=1S/C21H31BrO2/c1-20-9-7-14(23)11-13(20)3-4-15-16-5-6-18(19(24)12-22)21(16,2)10-8-17(15)20/h13,15-18H,3-12H2,1-2H3/t13?,15-,16-,17-,18+,20-,21-/m0/s1. The lowest BCUT2D eigenvalue weighted by atomic mass is 9.44.